The zero-order valence-electron chi connectivity index (χ0n) is 12.5. The lowest BCUT2D eigenvalue weighted by atomic mass is 9.98. The highest BCUT2D eigenvalue weighted by Gasteiger charge is 2.21. The van der Waals surface area contributed by atoms with E-state index in [1.54, 1.807) is 6.07 Å². The summed E-state index contributed by atoms with van der Waals surface area (Å²) in [6.45, 7) is 1.93. The predicted molar refractivity (Wildman–Crippen MR) is 86.8 cm³/mol. The highest BCUT2D eigenvalue weighted by molar-refractivity contribution is 5.98. The topological polar surface area (TPSA) is 35.5 Å². The second-order valence-electron chi connectivity index (χ2n) is 4.89. The molecule has 1 heterocycles. The van der Waals surface area contributed by atoms with Gasteiger partial charge in [-0.2, -0.15) is 0 Å². The Hall–Kier alpha value is -2.81. The van der Waals surface area contributed by atoms with E-state index in [-0.39, 0.29) is 5.97 Å². The number of carbonyl (C=O) groups is 1. The summed E-state index contributed by atoms with van der Waals surface area (Å²) < 4.78 is 10.9. The van der Waals surface area contributed by atoms with Crippen LogP contribution in [0.3, 0.4) is 0 Å². The van der Waals surface area contributed by atoms with E-state index in [1.807, 2.05) is 61.5 Å². The number of ether oxygens (including phenoxy) is 2. The van der Waals surface area contributed by atoms with Crippen molar-refractivity contribution >= 4 is 23.6 Å². The van der Waals surface area contributed by atoms with E-state index in [1.165, 1.54) is 7.11 Å². The maximum Gasteiger partial charge on any atom is 0.338 e. The lowest BCUT2D eigenvalue weighted by Gasteiger charge is -2.21. The first-order valence-electron chi connectivity index (χ1n) is 7.07. The van der Waals surface area contributed by atoms with Gasteiger partial charge in [0.05, 0.1) is 12.7 Å². The van der Waals surface area contributed by atoms with Gasteiger partial charge < -0.3 is 9.47 Å². The van der Waals surface area contributed by atoms with Crippen molar-refractivity contribution in [3.8, 4) is 0 Å². The zero-order valence-corrected chi connectivity index (χ0v) is 12.5. The molecule has 110 valence electrons. The average molecular weight is 292 g/mol. The van der Waals surface area contributed by atoms with Crippen LogP contribution in [0.1, 0.15) is 34.0 Å². The Kier molecular flexibility index (Phi) is 3.79. The lowest BCUT2D eigenvalue weighted by molar-refractivity contribution is 0.0600. The number of benzene rings is 2. The number of hydrogen-bond acceptors (Lipinski definition) is 3. The normalized spacial score (nSPS) is 14.8. The fraction of sp³-hybridized carbons (Fsp3) is 0.105. The number of allylic oxidation sites excluding steroid dienone is 1. The molecule has 1 aliphatic rings. The van der Waals surface area contributed by atoms with Gasteiger partial charge in [-0.05, 0) is 30.7 Å². The molecule has 0 aliphatic carbocycles. The molecule has 2 aromatic rings. The van der Waals surface area contributed by atoms with Crippen LogP contribution in [0.4, 0.5) is 0 Å². The number of hydrogen-bond donors (Lipinski definition) is 0. The van der Waals surface area contributed by atoms with E-state index >= 15 is 0 Å². The van der Waals surface area contributed by atoms with Crippen LogP contribution < -0.4 is 0 Å². The number of fused-ring (bicyclic) bond motifs is 1. The predicted octanol–water partition coefficient (Wildman–Crippen LogP) is 4.36. The van der Waals surface area contributed by atoms with Gasteiger partial charge in [-0.15, -0.1) is 0 Å². The Morgan fingerprint density at radius 2 is 1.73 bits per heavy atom. The fourth-order valence-corrected chi connectivity index (χ4v) is 2.52. The van der Waals surface area contributed by atoms with Gasteiger partial charge in [0.25, 0.3) is 0 Å². The molecular formula is C19H16O3. The maximum atomic E-state index is 12.0. The minimum absolute atomic E-state index is 0.374. The van der Waals surface area contributed by atoms with Crippen molar-refractivity contribution in [3.05, 3.63) is 76.9 Å². The Balaban J connectivity index is 2.15. The summed E-state index contributed by atoms with van der Waals surface area (Å²) in [5.74, 6) is 1.06. The van der Waals surface area contributed by atoms with Gasteiger partial charge >= 0.3 is 5.97 Å². The van der Waals surface area contributed by atoms with E-state index in [4.69, 9.17) is 9.47 Å². The molecule has 0 bridgehead atoms. The summed E-state index contributed by atoms with van der Waals surface area (Å²) >= 11 is 0. The largest absolute Gasteiger partial charge is 0.465 e. The minimum atomic E-state index is -0.374. The van der Waals surface area contributed by atoms with E-state index in [2.05, 4.69) is 0 Å². The van der Waals surface area contributed by atoms with Crippen LogP contribution in [0.15, 0.2) is 54.6 Å². The number of rotatable bonds is 2. The van der Waals surface area contributed by atoms with E-state index < -0.39 is 0 Å². The SMILES string of the molecule is C/C=C1\OC(c2ccccc2C(=O)OC)=Cc2ccccc21. The van der Waals surface area contributed by atoms with Gasteiger partial charge in [0.2, 0.25) is 0 Å². The maximum absolute atomic E-state index is 12.0. The molecule has 0 aromatic heterocycles. The summed E-state index contributed by atoms with van der Waals surface area (Å²) in [5, 5.41) is 0. The standard InChI is InChI=1S/C19H16O3/c1-3-17-14-9-5-4-8-13(14)12-18(22-17)15-10-6-7-11-16(15)19(20)21-2/h3-12H,1-2H3/b17-3-. The monoisotopic (exact) mass is 292 g/mol. The second-order valence-corrected chi connectivity index (χ2v) is 4.89. The smallest absolute Gasteiger partial charge is 0.338 e. The van der Waals surface area contributed by atoms with Crippen LogP contribution in [-0.2, 0) is 9.47 Å². The van der Waals surface area contributed by atoms with Gasteiger partial charge in [-0.1, -0.05) is 42.5 Å². The molecule has 0 fully saturated rings. The summed E-state index contributed by atoms with van der Waals surface area (Å²) in [5.41, 5.74) is 3.33. The van der Waals surface area contributed by atoms with Crippen LogP contribution in [0.25, 0.3) is 17.6 Å². The van der Waals surface area contributed by atoms with Gasteiger partial charge in [0.1, 0.15) is 11.5 Å². The molecule has 0 atom stereocenters. The number of methoxy groups -OCH3 is 1. The third kappa shape index (κ3) is 2.42. The average Bonchev–Trinajstić information content (AvgIpc) is 2.60. The van der Waals surface area contributed by atoms with Crippen molar-refractivity contribution in [1.82, 2.24) is 0 Å². The summed E-state index contributed by atoms with van der Waals surface area (Å²) in [7, 11) is 1.38. The lowest BCUT2D eigenvalue weighted by Crippen LogP contribution is -2.08. The quantitative estimate of drug-likeness (QED) is 0.771. The number of esters is 1. The molecule has 0 unspecified atom stereocenters. The Morgan fingerprint density at radius 3 is 2.45 bits per heavy atom. The molecule has 2 aromatic carbocycles. The van der Waals surface area contributed by atoms with Crippen molar-refractivity contribution in [2.24, 2.45) is 0 Å². The first-order valence-corrected chi connectivity index (χ1v) is 7.07. The highest BCUT2D eigenvalue weighted by Crippen LogP contribution is 2.35. The Morgan fingerprint density at radius 1 is 1.05 bits per heavy atom. The first kappa shape index (κ1) is 14.1. The van der Waals surface area contributed by atoms with Gasteiger partial charge in [0.15, 0.2) is 0 Å². The molecule has 0 saturated heterocycles. The second kappa shape index (κ2) is 5.90. The van der Waals surface area contributed by atoms with Crippen LogP contribution in [0, 0.1) is 0 Å². The van der Waals surface area contributed by atoms with Crippen LogP contribution in [0.5, 0.6) is 0 Å². The molecule has 0 spiro atoms. The molecule has 0 saturated carbocycles. The molecule has 3 rings (SSSR count). The zero-order chi connectivity index (χ0) is 15.5. The molecule has 3 nitrogen and oxygen atoms in total. The van der Waals surface area contributed by atoms with E-state index in [0.29, 0.717) is 11.3 Å². The van der Waals surface area contributed by atoms with Crippen LogP contribution >= 0.6 is 0 Å². The molecular weight excluding hydrogens is 276 g/mol. The van der Waals surface area contributed by atoms with E-state index in [0.717, 1.165) is 22.4 Å². The molecule has 3 heteroatoms. The highest BCUT2D eigenvalue weighted by atomic mass is 16.5. The minimum Gasteiger partial charge on any atom is -0.465 e. The molecule has 0 amide bonds. The van der Waals surface area contributed by atoms with Crippen molar-refractivity contribution < 1.29 is 14.3 Å². The van der Waals surface area contributed by atoms with E-state index in [9.17, 15) is 4.79 Å². The van der Waals surface area contributed by atoms with Crippen molar-refractivity contribution in [2.75, 3.05) is 7.11 Å². The van der Waals surface area contributed by atoms with Crippen LogP contribution in [-0.4, -0.2) is 13.1 Å². The Labute approximate surface area is 129 Å². The van der Waals surface area contributed by atoms with Gasteiger partial charge in [-0.25, -0.2) is 4.79 Å². The third-order valence-corrected chi connectivity index (χ3v) is 3.59. The summed E-state index contributed by atoms with van der Waals surface area (Å²) in [6, 6.07) is 15.3. The van der Waals surface area contributed by atoms with Crippen molar-refractivity contribution in [3.63, 3.8) is 0 Å². The van der Waals surface area contributed by atoms with Gasteiger partial charge in [0, 0.05) is 11.1 Å². The Bertz CT molecular complexity index is 785. The number of carbonyl (C=O) groups excluding carboxylic acids is 1. The molecule has 22 heavy (non-hydrogen) atoms. The van der Waals surface area contributed by atoms with Gasteiger partial charge in [-0.3, -0.25) is 0 Å². The molecule has 0 radical (unpaired) electrons. The molecule has 1 aliphatic heterocycles. The van der Waals surface area contributed by atoms with Crippen molar-refractivity contribution in [2.45, 2.75) is 6.92 Å². The molecule has 0 N–H and O–H groups in total. The fourth-order valence-electron chi connectivity index (χ4n) is 2.52. The van der Waals surface area contributed by atoms with Crippen molar-refractivity contribution in [1.29, 1.82) is 0 Å². The summed E-state index contributed by atoms with van der Waals surface area (Å²) in [4.78, 5) is 12.0. The first-order chi connectivity index (χ1) is 10.7. The van der Waals surface area contributed by atoms with Crippen LogP contribution in [0.2, 0.25) is 0 Å². The third-order valence-electron chi connectivity index (χ3n) is 3.59. The summed E-state index contributed by atoms with van der Waals surface area (Å²) in [6.07, 6.45) is 3.87.